The monoisotopic (exact) mass is 349 g/mol. The zero-order valence-electron chi connectivity index (χ0n) is 13.9. The molecule has 0 atom stereocenters. The van der Waals surface area contributed by atoms with Gasteiger partial charge in [0.1, 0.15) is 17.2 Å². The number of benzene rings is 2. The minimum absolute atomic E-state index is 0.190. The van der Waals surface area contributed by atoms with E-state index < -0.39 is 0 Å². The highest BCUT2D eigenvalue weighted by molar-refractivity contribution is 6.32. The van der Waals surface area contributed by atoms with Gasteiger partial charge in [0.2, 0.25) is 5.91 Å². The van der Waals surface area contributed by atoms with Crippen LogP contribution in [0.1, 0.15) is 12.0 Å². The third-order valence-electron chi connectivity index (χ3n) is 3.37. The summed E-state index contributed by atoms with van der Waals surface area (Å²) in [7, 11) is 3.02. The molecule has 0 aliphatic heterocycles. The van der Waals surface area contributed by atoms with Crippen LogP contribution in [0.25, 0.3) is 0 Å². The van der Waals surface area contributed by atoms with Crippen LogP contribution in [-0.4, -0.2) is 26.7 Å². The van der Waals surface area contributed by atoms with Gasteiger partial charge in [0, 0.05) is 12.1 Å². The molecule has 0 heterocycles. The number of carbonyl (C=O) groups excluding carboxylic acids is 1. The van der Waals surface area contributed by atoms with Gasteiger partial charge in [0.05, 0.1) is 38.0 Å². The van der Waals surface area contributed by atoms with Gasteiger partial charge in [-0.2, -0.15) is 0 Å². The predicted octanol–water partition coefficient (Wildman–Crippen LogP) is 4.07. The van der Waals surface area contributed by atoms with Crippen molar-refractivity contribution >= 4 is 23.2 Å². The van der Waals surface area contributed by atoms with Crippen LogP contribution in [0, 0.1) is 6.92 Å². The molecule has 6 heteroatoms. The molecule has 0 aliphatic carbocycles. The summed E-state index contributed by atoms with van der Waals surface area (Å²) in [5.41, 5.74) is 1.66. The first-order valence-electron chi connectivity index (χ1n) is 7.44. The number of rotatable bonds is 7. The van der Waals surface area contributed by atoms with E-state index in [4.69, 9.17) is 25.8 Å². The molecule has 0 unspecified atom stereocenters. The number of hydrogen-bond donors (Lipinski definition) is 1. The van der Waals surface area contributed by atoms with Crippen molar-refractivity contribution in [1.29, 1.82) is 0 Å². The molecule has 0 radical (unpaired) electrons. The summed E-state index contributed by atoms with van der Waals surface area (Å²) in [5, 5.41) is 3.19. The molecule has 1 N–H and O–H groups in total. The lowest BCUT2D eigenvalue weighted by atomic mass is 10.2. The lowest BCUT2D eigenvalue weighted by molar-refractivity contribution is -0.116. The normalized spacial score (nSPS) is 10.2. The second-order valence-electron chi connectivity index (χ2n) is 5.15. The Bertz CT molecular complexity index is 701. The van der Waals surface area contributed by atoms with Crippen LogP contribution in [0.15, 0.2) is 36.4 Å². The molecule has 5 nitrogen and oxygen atoms in total. The fraction of sp³-hybridized carbons (Fsp3) is 0.278. The standard InChI is InChI=1S/C18H20ClNO4/c1-12-4-6-13(7-5-12)24-9-8-18(21)20-15-11-16(22-2)14(19)10-17(15)23-3/h4-7,10-11H,8-9H2,1-3H3,(H,20,21). The Morgan fingerprint density at radius 3 is 2.38 bits per heavy atom. The van der Waals surface area contributed by atoms with Crippen molar-refractivity contribution in [3.63, 3.8) is 0 Å². The molecule has 0 saturated carbocycles. The van der Waals surface area contributed by atoms with Gasteiger partial charge in [0.25, 0.3) is 0 Å². The Labute approximate surface area is 146 Å². The minimum Gasteiger partial charge on any atom is -0.495 e. The largest absolute Gasteiger partial charge is 0.495 e. The lowest BCUT2D eigenvalue weighted by Crippen LogP contribution is -2.15. The number of halogens is 1. The maximum Gasteiger partial charge on any atom is 0.227 e. The zero-order chi connectivity index (χ0) is 17.5. The molecule has 0 aliphatic rings. The molecular formula is C18H20ClNO4. The van der Waals surface area contributed by atoms with Crippen molar-refractivity contribution in [2.45, 2.75) is 13.3 Å². The SMILES string of the molecule is COc1cc(NC(=O)CCOc2ccc(C)cc2)c(OC)cc1Cl. The van der Waals surface area contributed by atoms with E-state index in [9.17, 15) is 4.79 Å². The fourth-order valence-electron chi connectivity index (χ4n) is 2.07. The van der Waals surface area contributed by atoms with E-state index in [1.807, 2.05) is 31.2 Å². The molecule has 2 aromatic rings. The third kappa shape index (κ3) is 4.80. The van der Waals surface area contributed by atoms with Crippen molar-refractivity contribution < 1.29 is 19.0 Å². The fourth-order valence-corrected chi connectivity index (χ4v) is 2.30. The zero-order valence-corrected chi connectivity index (χ0v) is 14.6. The Kier molecular flexibility index (Phi) is 6.32. The first-order chi connectivity index (χ1) is 11.5. The minimum atomic E-state index is -0.190. The van der Waals surface area contributed by atoms with Crippen LogP contribution in [0.2, 0.25) is 5.02 Å². The number of nitrogens with one attached hydrogen (secondary N) is 1. The highest BCUT2D eigenvalue weighted by atomic mass is 35.5. The van der Waals surface area contributed by atoms with Crippen LogP contribution >= 0.6 is 11.6 Å². The van der Waals surface area contributed by atoms with Gasteiger partial charge >= 0.3 is 0 Å². The molecule has 1 amide bonds. The number of aryl methyl sites for hydroxylation is 1. The van der Waals surface area contributed by atoms with Crippen LogP contribution in [0.5, 0.6) is 17.2 Å². The molecule has 24 heavy (non-hydrogen) atoms. The maximum absolute atomic E-state index is 12.1. The van der Waals surface area contributed by atoms with Crippen LogP contribution < -0.4 is 19.5 Å². The summed E-state index contributed by atoms with van der Waals surface area (Å²) >= 11 is 6.04. The topological polar surface area (TPSA) is 56.8 Å². The van der Waals surface area contributed by atoms with Gasteiger partial charge in [0.15, 0.2) is 0 Å². The maximum atomic E-state index is 12.1. The van der Waals surface area contributed by atoms with E-state index >= 15 is 0 Å². The van der Waals surface area contributed by atoms with Crippen molar-refractivity contribution in [2.24, 2.45) is 0 Å². The highest BCUT2D eigenvalue weighted by Gasteiger charge is 2.12. The lowest BCUT2D eigenvalue weighted by Gasteiger charge is -2.13. The van der Waals surface area contributed by atoms with E-state index in [1.165, 1.54) is 14.2 Å². The van der Waals surface area contributed by atoms with Gasteiger partial charge in [-0.15, -0.1) is 0 Å². The number of hydrogen-bond acceptors (Lipinski definition) is 4. The van der Waals surface area contributed by atoms with E-state index in [0.29, 0.717) is 22.2 Å². The number of ether oxygens (including phenoxy) is 3. The molecule has 2 aromatic carbocycles. The molecule has 128 valence electrons. The van der Waals surface area contributed by atoms with E-state index in [2.05, 4.69) is 5.32 Å². The molecule has 0 spiro atoms. The van der Waals surface area contributed by atoms with E-state index in [0.717, 1.165) is 11.3 Å². The summed E-state index contributed by atoms with van der Waals surface area (Å²) in [5.74, 6) is 1.47. The van der Waals surface area contributed by atoms with Crippen LogP contribution in [0.4, 0.5) is 5.69 Å². The third-order valence-corrected chi connectivity index (χ3v) is 3.66. The summed E-state index contributed by atoms with van der Waals surface area (Å²) in [4.78, 5) is 12.1. The Morgan fingerprint density at radius 2 is 1.75 bits per heavy atom. The molecule has 0 aromatic heterocycles. The number of carbonyl (C=O) groups is 1. The van der Waals surface area contributed by atoms with Gasteiger partial charge in [-0.1, -0.05) is 29.3 Å². The highest BCUT2D eigenvalue weighted by Crippen LogP contribution is 2.35. The van der Waals surface area contributed by atoms with Crippen molar-refractivity contribution in [3.05, 3.63) is 47.0 Å². The van der Waals surface area contributed by atoms with Crippen molar-refractivity contribution in [1.82, 2.24) is 0 Å². The van der Waals surface area contributed by atoms with Gasteiger partial charge in [-0.3, -0.25) is 4.79 Å². The first-order valence-corrected chi connectivity index (χ1v) is 7.82. The molecular weight excluding hydrogens is 330 g/mol. The Morgan fingerprint density at radius 1 is 1.08 bits per heavy atom. The number of anilines is 1. The summed E-state index contributed by atoms with van der Waals surface area (Å²) in [6, 6.07) is 10.9. The van der Waals surface area contributed by atoms with Gasteiger partial charge in [-0.25, -0.2) is 0 Å². The Hall–Kier alpha value is -2.40. The van der Waals surface area contributed by atoms with Crippen LogP contribution in [0.3, 0.4) is 0 Å². The average Bonchev–Trinajstić information content (AvgIpc) is 2.57. The predicted molar refractivity (Wildman–Crippen MR) is 94.5 cm³/mol. The first kappa shape index (κ1) is 17.9. The summed E-state index contributed by atoms with van der Waals surface area (Å²) in [6.45, 7) is 2.28. The summed E-state index contributed by atoms with van der Waals surface area (Å²) in [6.07, 6.45) is 0.210. The average molecular weight is 350 g/mol. The smallest absolute Gasteiger partial charge is 0.227 e. The molecule has 2 rings (SSSR count). The molecule has 0 saturated heterocycles. The van der Waals surface area contributed by atoms with Crippen LogP contribution in [-0.2, 0) is 4.79 Å². The van der Waals surface area contributed by atoms with E-state index in [-0.39, 0.29) is 18.9 Å². The van der Waals surface area contributed by atoms with Crippen molar-refractivity contribution in [3.8, 4) is 17.2 Å². The van der Waals surface area contributed by atoms with Crippen molar-refractivity contribution in [2.75, 3.05) is 26.1 Å². The second-order valence-corrected chi connectivity index (χ2v) is 5.55. The quantitative estimate of drug-likeness (QED) is 0.818. The second kappa shape index (κ2) is 8.45. The number of amides is 1. The van der Waals surface area contributed by atoms with Gasteiger partial charge in [-0.05, 0) is 19.1 Å². The van der Waals surface area contributed by atoms with E-state index in [1.54, 1.807) is 12.1 Å². The summed E-state index contributed by atoms with van der Waals surface area (Å²) < 4.78 is 15.9. The molecule has 0 bridgehead atoms. The Balaban J connectivity index is 1.93. The van der Waals surface area contributed by atoms with Gasteiger partial charge < -0.3 is 19.5 Å². The molecule has 0 fully saturated rings. The number of methoxy groups -OCH3 is 2.